The number of hydrogen-bond donors (Lipinski definition) is 3. The number of nitrogens with one attached hydrogen (secondary N) is 2. The van der Waals surface area contributed by atoms with Crippen molar-refractivity contribution in [3.8, 4) is 0 Å². The van der Waals surface area contributed by atoms with Crippen molar-refractivity contribution in [2.45, 2.75) is 25.3 Å². The summed E-state index contributed by atoms with van der Waals surface area (Å²) in [5, 5.41) is 9.05. The van der Waals surface area contributed by atoms with Gasteiger partial charge >= 0.3 is 11.9 Å². The molecule has 10 heteroatoms. The van der Waals surface area contributed by atoms with E-state index in [2.05, 4.69) is 19.4 Å². The number of ether oxygens (including phenoxy) is 1. The number of carboxylic acids is 1. The molecule has 0 saturated heterocycles. The molecule has 21 heavy (non-hydrogen) atoms. The van der Waals surface area contributed by atoms with E-state index in [0.717, 1.165) is 0 Å². The first kappa shape index (κ1) is 17.1. The number of methoxy groups -OCH3 is 1. The summed E-state index contributed by atoms with van der Waals surface area (Å²) >= 11 is 0. The van der Waals surface area contributed by atoms with Crippen LogP contribution in [0.2, 0.25) is 0 Å². The number of carbonyl (C=O) groups excluding carboxylic acids is 1. The van der Waals surface area contributed by atoms with E-state index < -0.39 is 28.0 Å². The maximum absolute atomic E-state index is 11.8. The van der Waals surface area contributed by atoms with Gasteiger partial charge in [-0.05, 0) is 6.42 Å². The molecule has 0 amide bonds. The molecular formula is C11H17N3O6S. The fourth-order valence-corrected chi connectivity index (χ4v) is 2.84. The molecule has 0 radical (unpaired) electrons. The summed E-state index contributed by atoms with van der Waals surface area (Å²) in [6.07, 6.45) is 2.75. The molecule has 0 aromatic carbocycles. The van der Waals surface area contributed by atoms with E-state index in [1.807, 2.05) is 0 Å². The molecule has 0 aliphatic rings. The van der Waals surface area contributed by atoms with E-state index in [9.17, 15) is 18.0 Å². The van der Waals surface area contributed by atoms with Crippen LogP contribution in [0.4, 0.5) is 0 Å². The fourth-order valence-electron chi connectivity index (χ4n) is 1.58. The Morgan fingerprint density at radius 3 is 2.76 bits per heavy atom. The van der Waals surface area contributed by atoms with Gasteiger partial charge in [-0.15, -0.1) is 0 Å². The zero-order chi connectivity index (χ0) is 15.9. The Kier molecular flexibility index (Phi) is 6.31. The lowest BCUT2D eigenvalue weighted by atomic mass is 10.2. The lowest BCUT2D eigenvalue weighted by Crippen LogP contribution is -2.43. The fraction of sp³-hybridized carbons (Fsp3) is 0.545. The molecule has 0 spiro atoms. The van der Waals surface area contributed by atoms with E-state index >= 15 is 0 Å². The van der Waals surface area contributed by atoms with Crippen molar-refractivity contribution in [2.24, 2.45) is 0 Å². The Hall–Kier alpha value is -1.94. The van der Waals surface area contributed by atoms with Gasteiger partial charge in [-0.2, -0.15) is 0 Å². The van der Waals surface area contributed by atoms with Crippen molar-refractivity contribution in [1.82, 2.24) is 14.7 Å². The second kappa shape index (κ2) is 7.74. The monoisotopic (exact) mass is 319 g/mol. The van der Waals surface area contributed by atoms with Gasteiger partial charge in [0.15, 0.2) is 0 Å². The molecule has 1 atom stereocenters. The van der Waals surface area contributed by atoms with E-state index in [0.29, 0.717) is 5.69 Å². The number of hydrogen-bond acceptors (Lipinski definition) is 6. The maximum atomic E-state index is 11.8. The normalized spacial score (nSPS) is 12.8. The number of rotatable bonds is 9. The second-order valence-corrected chi connectivity index (χ2v) is 6.16. The first-order chi connectivity index (χ1) is 9.84. The van der Waals surface area contributed by atoms with Crippen molar-refractivity contribution in [3.05, 3.63) is 18.2 Å². The van der Waals surface area contributed by atoms with Crippen LogP contribution in [0.25, 0.3) is 0 Å². The zero-order valence-corrected chi connectivity index (χ0v) is 12.2. The number of carboxylic acid groups (broad SMARTS) is 1. The molecule has 0 saturated carbocycles. The van der Waals surface area contributed by atoms with Gasteiger partial charge < -0.3 is 14.8 Å². The summed E-state index contributed by atoms with van der Waals surface area (Å²) < 4.78 is 30.1. The smallest absolute Gasteiger partial charge is 0.322 e. The second-order valence-electron chi connectivity index (χ2n) is 4.29. The van der Waals surface area contributed by atoms with Gasteiger partial charge in [-0.25, -0.2) is 18.1 Å². The largest absolute Gasteiger partial charge is 0.480 e. The number of nitrogens with zero attached hydrogens (tertiary/aromatic N) is 1. The number of imidazole rings is 1. The third kappa shape index (κ3) is 6.36. The first-order valence-electron chi connectivity index (χ1n) is 6.11. The topological polar surface area (TPSA) is 138 Å². The van der Waals surface area contributed by atoms with Gasteiger partial charge in [0.1, 0.15) is 6.04 Å². The number of aromatic nitrogens is 2. The molecule has 1 heterocycles. The molecule has 1 aromatic heterocycles. The molecule has 3 N–H and O–H groups in total. The molecule has 118 valence electrons. The van der Waals surface area contributed by atoms with Crippen molar-refractivity contribution in [1.29, 1.82) is 0 Å². The van der Waals surface area contributed by atoms with E-state index in [4.69, 9.17) is 5.11 Å². The molecule has 1 aromatic rings. The Balaban J connectivity index is 2.56. The van der Waals surface area contributed by atoms with Crippen LogP contribution >= 0.6 is 0 Å². The number of aliphatic carboxylic acids is 1. The minimum Gasteiger partial charge on any atom is -0.480 e. The van der Waals surface area contributed by atoms with E-state index in [1.165, 1.54) is 19.6 Å². The average molecular weight is 319 g/mol. The number of sulfonamides is 1. The van der Waals surface area contributed by atoms with Gasteiger partial charge in [0.05, 0.1) is 19.2 Å². The quantitative estimate of drug-likeness (QED) is 0.510. The first-order valence-corrected chi connectivity index (χ1v) is 7.76. The molecule has 0 aliphatic carbocycles. The number of H-pyrrole nitrogens is 1. The van der Waals surface area contributed by atoms with E-state index in [-0.39, 0.29) is 25.0 Å². The molecule has 1 unspecified atom stereocenters. The third-order valence-electron chi connectivity index (χ3n) is 2.62. The summed E-state index contributed by atoms with van der Waals surface area (Å²) in [5.41, 5.74) is 0.500. The van der Waals surface area contributed by atoms with Gasteiger partial charge in [0.2, 0.25) is 10.0 Å². The lowest BCUT2D eigenvalue weighted by Gasteiger charge is -2.13. The predicted molar refractivity (Wildman–Crippen MR) is 71.9 cm³/mol. The Bertz CT molecular complexity index is 569. The maximum Gasteiger partial charge on any atom is 0.322 e. The van der Waals surface area contributed by atoms with Crippen LogP contribution in [0.15, 0.2) is 12.5 Å². The van der Waals surface area contributed by atoms with Gasteiger partial charge in [-0.1, -0.05) is 0 Å². The summed E-state index contributed by atoms with van der Waals surface area (Å²) in [7, 11) is -2.60. The van der Waals surface area contributed by atoms with Crippen molar-refractivity contribution in [2.75, 3.05) is 12.9 Å². The molecule has 0 aliphatic heterocycles. The van der Waals surface area contributed by atoms with E-state index in [1.54, 1.807) is 0 Å². The lowest BCUT2D eigenvalue weighted by molar-refractivity contribution is -0.141. The summed E-state index contributed by atoms with van der Waals surface area (Å²) in [6, 6.07) is -1.30. The van der Waals surface area contributed by atoms with Crippen LogP contribution in [-0.2, 0) is 30.8 Å². The molecular weight excluding hydrogens is 302 g/mol. The van der Waals surface area contributed by atoms with Crippen LogP contribution in [0.3, 0.4) is 0 Å². The Morgan fingerprint density at radius 1 is 1.52 bits per heavy atom. The van der Waals surface area contributed by atoms with Crippen LogP contribution in [0.1, 0.15) is 18.5 Å². The van der Waals surface area contributed by atoms with Crippen LogP contribution < -0.4 is 4.72 Å². The van der Waals surface area contributed by atoms with Crippen molar-refractivity contribution >= 4 is 22.0 Å². The molecule has 9 nitrogen and oxygen atoms in total. The zero-order valence-electron chi connectivity index (χ0n) is 11.4. The van der Waals surface area contributed by atoms with Gasteiger partial charge in [0.25, 0.3) is 0 Å². The Labute approximate surface area is 121 Å². The molecule has 0 bridgehead atoms. The van der Waals surface area contributed by atoms with Gasteiger partial charge in [-0.3, -0.25) is 9.59 Å². The van der Waals surface area contributed by atoms with Crippen LogP contribution in [0, 0.1) is 0 Å². The molecule has 0 fully saturated rings. The Morgan fingerprint density at radius 2 is 2.24 bits per heavy atom. The van der Waals surface area contributed by atoms with Crippen LogP contribution in [0.5, 0.6) is 0 Å². The number of carbonyl (C=O) groups is 2. The molecule has 1 rings (SSSR count). The highest BCUT2D eigenvalue weighted by Gasteiger charge is 2.24. The third-order valence-corrected chi connectivity index (χ3v) is 4.09. The number of esters is 1. The highest BCUT2D eigenvalue weighted by Crippen LogP contribution is 2.03. The minimum atomic E-state index is -3.81. The van der Waals surface area contributed by atoms with Gasteiger partial charge in [0, 0.05) is 24.7 Å². The highest BCUT2D eigenvalue weighted by atomic mass is 32.2. The summed E-state index contributed by atoms with van der Waals surface area (Å²) in [6.45, 7) is 0. The summed E-state index contributed by atoms with van der Waals surface area (Å²) in [5.74, 6) is -2.16. The summed E-state index contributed by atoms with van der Waals surface area (Å²) in [4.78, 5) is 28.4. The standard InChI is InChI=1S/C11H17N3O6S/c1-20-10(15)3-2-4-21(18,19)14-9(11(16)17)5-8-6-12-7-13-8/h6-7,9,14H,2-5H2,1H3,(H,12,13)(H,16,17). The minimum absolute atomic E-state index is 0.0459. The highest BCUT2D eigenvalue weighted by molar-refractivity contribution is 7.89. The van der Waals surface area contributed by atoms with Crippen molar-refractivity contribution < 1.29 is 27.9 Å². The SMILES string of the molecule is COC(=O)CCCS(=O)(=O)NC(Cc1cnc[nH]1)C(=O)O. The van der Waals surface area contributed by atoms with Crippen LogP contribution in [-0.4, -0.2) is 54.3 Å². The van der Waals surface area contributed by atoms with Crippen molar-refractivity contribution in [3.63, 3.8) is 0 Å². The average Bonchev–Trinajstić information content (AvgIpc) is 2.90. The predicted octanol–water partition coefficient (Wildman–Crippen LogP) is -0.722. The number of aromatic amines is 1.